The first-order valence-electron chi connectivity index (χ1n) is 8.50. The molecule has 1 aliphatic rings. The average Bonchev–Trinajstić information content (AvgIpc) is 2.64. The van der Waals surface area contributed by atoms with Gasteiger partial charge in [-0.15, -0.1) is 0 Å². The zero-order valence-electron chi connectivity index (χ0n) is 14.8. The summed E-state index contributed by atoms with van der Waals surface area (Å²) in [6.07, 6.45) is 3.53. The second-order valence-corrected chi connectivity index (χ2v) is 6.39. The maximum Gasteiger partial charge on any atom is 0.373 e. The second-order valence-electron chi connectivity index (χ2n) is 6.39. The highest BCUT2D eigenvalue weighted by Gasteiger charge is 2.30. The molecule has 0 radical (unpaired) electrons. The number of aliphatic hydroxyl groups is 1. The second kappa shape index (κ2) is 9.39. The summed E-state index contributed by atoms with van der Waals surface area (Å²) in [5.74, 6) is 0.251. The highest BCUT2D eigenvalue weighted by Crippen LogP contribution is 2.29. The predicted molar refractivity (Wildman–Crippen MR) is 94.2 cm³/mol. The summed E-state index contributed by atoms with van der Waals surface area (Å²) >= 11 is 0. The van der Waals surface area contributed by atoms with Gasteiger partial charge in [-0.2, -0.15) is 0 Å². The Labute approximate surface area is 148 Å². The van der Waals surface area contributed by atoms with E-state index in [2.05, 4.69) is 20.4 Å². The fourth-order valence-electron chi connectivity index (χ4n) is 2.53. The number of hydrogen-bond acceptors (Lipinski definition) is 5. The van der Waals surface area contributed by atoms with E-state index >= 15 is 0 Å². The van der Waals surface area contributed by atoms with Gasteiger partial charge in [0.2, 0.25) is 12.0 Å². The molecule has 1 N–H and O–H groups in total. The number of esters is 1. The molecule has 1 aromatic carbocycles. The van der Waals surface area contributed by atoms with E-state index in [0.717, 1.165) is 11.1 Å². The van der Waals surface area contributed by atoms with Crippen LogP contribution < -0.4 is 0 Å². The molecule has 0 saturated carbocycles. The summed E-state index contributed by atoms with van der Waals surface area (Å²) in [5.41, 5.74) is 1.83. The first-order valence-corrected chi connectivity index (χ1v) is 8.50. The van der Waals surface area contributed by atoms with Crippen molar-refractivity contribution in [2.75, 3.05) is 6.61 Å². The number of allylic oxidation sites excluding steroid dienone is 1. The maximum absolute atomic E-state index is 12.1. The number of rotatable bonds is 8. The van der Waals surface area contributed by atoms with E-state index in [1.807, 2.05) is 30.3 Å². The minimum absolute atomic E-state index is 0.0178. The minimum atomic E-state index is -0.499. The van der Waals surface area contributed by atoms with Gasteiger partial charge in [0.1, 0.15) is 6.61 Å². The molecule has 1 heterocycles. The number of aliphatic hydroxyl groups excluding tert-OH is 1. The molecule has 0 spiro atoms. The molecule has 0 unspecified atom stereocenters. The van der Waals surface area contributed by atoms with Crippen LogP contribution in [0.2, 0.25) is 0 Å². The standard InChI is InChI=1S/C20H26O5/c1-4-9-23-20(22)18-10-17(14(2)3)11-19(25-18)24-13-16-7-5-15(12-21)6-8-16/h4-8,10,14,17,19,21H,1,9,11-13H2,2-3H3/t17-,19+/m0/s1. The molecular formula is C20H26O5. The lowest BCUT2D eigenvalue weighted by atomic mass is 9.90. The van der Waals surface area contributed by atoms with Gasteiger partial charge in [-0.05, 0) is 29.0 Å². The quantitative estimate of drug-likeness (QED) is 0.578. The average molecular weight is 346 g/mol. The highest BCUT2D eigenvalue weighted by molar-refractivity contribution is 5.86. The molecule has 0 bridgehead atoms. The minimum Gasteiger partial charge on any atom is -0.458 e. The van der Waals surface area contributed by atoms with Gasteiger partial charge in [-0.25, -0.2) is 4.79 Å². The lowest BCUT2D eigenvalue weighted by Gasteiger charge is -2.30. The van der Waals surface area contributed by atoms with Crippen LogP contribution >= 0.6 is 0 Å². The molecule has 2 rings (SSSR count). The largest absolute Gasteiger partial charge is 0.458 e. The van der Waals surface area contributed by atoms with Crippen molar-refractivity contribution in [3.8, 4) is 0 Å². The van der Waals surface area contributed by atoms with Crippen LogP contribution in [0.15, 0.2) is 48.8 Å². The number of carbonyl (C=O) groups is 1. The lowest BCUT2D eigenvalue weighted by Crippen LogP contribution is -2.30. The Morgan fingerprint density at radius 3 is 2.64 bits per heavy atom. The molecule has 5 nitrogen and oxygen atoms in total. The van der Waals surface area contributed by atoms with Gasteiger partial charge >= 0.3 is 5.97 Å². The van der Waals surface area contributed by atoms with Crippen molar-refractivity contribution in [2.24, 2.45) is 11.8 Å². The number of benzene rings is 1. The first kappa shape index (κ1) is 19.2. The van der Waals surface area contributed by atoms with Crippen molar-refractivity contribution in [3.63, 3.8) is 0 Å². The fourth-order valence-corrected chi connectivity index (χ4v) is 2.53. The van der Waals surface area contributed by atoms with E-state index in [-0.39, 0.29) is 24.9 Å². The van der Waals surface area contributed by atoms with E-state index in [1.165, 1.54) is 6.08 Å². The van der Waals surface area contributed by atoms with Gasteiger partial charge in [0.15, 0.2) is 0 Å². The number of ether oxygens (including phenoxy) is 3. The Hall–Kier alpha value is -2.11. The Bertz CT molecular complexity index is 603. The Kier molecular flexibility index (Phi) is 7.22. The molecule has 5 heteroatoms. The van der Waals surface area contributed by atoms with Crippen molar-refractivity contribution < 1.29 is 24.1 Å². The third-order valence-corrected chi connectivity index (χ3v) is 4.12. The molecule has 0 aromatic heterocycles. The van der Waals surface area contributed by atoms with E-state index in [9.17, 15) is 4.79 Å². The fraction of sp³-hybridized carbons (Fsp3) is 0.450. The Morgan fingerprint density at radius 1 is 1.36 bits per heavy atom. The molecule has 136 valence electrons. The monoisotopic (exact) mass is 346 g/mol. The van der Waals surface area contributed by atoms with Gasteiger partial charge in [0.05, 0.1) is 13.2 Å². The molecular weight excluding hydrogens is 320 g/mol. The lowest BCUT2D eigenvalue weighted by molar-refractivity contribution is -0.166. The van der Waals surface area contributed by atoms with Crippen LogP contribution in [0.1, 0.15) is 31.4 Å². The predicted octanol–water partition coefficient (Wildman–Crippen LogP) is 3.33. The van der Waals surface area contributed by atoms with E-state index < -0.39 is 12.3 Å². The summed E-state index contributed by atoms with van der Waals surface area (Å²) in [7, 11) is 0. The van der Waals surface area contributed by atoms with Gasteiger partial charge in [0.25, 0.3) is 0 Å². The molecule has 0 amide bonds. The molecule has 25 heavy (non-hydrogen) atoms. The van der Waals surface area contributed by atoms with Gasteiger partial charge in [-0.1, -0.05) is 50.8 Å². The van der Waals surface area contributed by atoms with E-state index in [1.54, 1.807) is 0 Å². The molecule has 2 atom stereocenters. The third kappa shape index (κ3) is 5.73. The van der Waals surface area contributed by atoms with Crippen molar-refractivity contribution >= 4 is 5.97 Å². The van der Waals surface area contributed by atoms with Crippen LogP contribution in [0.5, 0.6) is 0 Å². The van der Waals surface area contributed by atoms with E-state index in [4.69, 9.17) is 19.3 Å². The van der Waals surface area contributed by atoms with Crippen molar-refractivity contribution in [3.05, 3.63) is 59.9 Å². The van der Waals surface area contributed by atoms with Crippen molar-refractivity contribution in [1.29, 1.82) is 0 Å². The van der Waals surface area contributed by atoms with E-state index in [0.29, 0.717) is 18.9 Å². The Balaban J connectivity index is 1.98. The summed E-state index contributed by atoms with van der Waals surface area (Å²) < 4.78 is 16.6. The topological polar surface area (TPSA) is 65.0 Å². The van der Waals surface area contributed by atoms with Gasteiger partial charge < -0.3 is 19.3 Å². The zero-order valence-corrected chi connectivity index (χ0v) is 14.8. The summed E-state index contributed by atoms with van der Waals surface area (Å²) in [6.45, 7) is 8.27. The molecule has 1 aliphatic heterocycles. The smallest absolute Gasteiger partial charge is 0.373 e. The summed E-state index contributed by atoms with van der Waals surface area (Å²) in [4.78, 5) is 12.1. The number of hydrogen-bond donors (Lipinski definition) is 1. The van der Waals surface area contributed by atoms with Crippen LogP contribution in [0.25, 0.3) is 0 Å². The van der Waals surface area contributed by atoms with Gasteiger partial charge in [-0.3, -0.25) is 0 Å². The van der Waals surface area contributed by atoms with Crippen molar-refractivity contribution in [2.45, 2.75) is 39.8 Å². The van der Waals surface area contributed by atoms with Crippen LogP contribution in [-0.2, 0) is 32.2 Å². The third-order valence-electron chi connectivity index (χ3n) is 4.12. The Morgan fingerprint density at radius 2 is 2.04 bits per heavy atom. The van der Waals surface area contributed by atoms with Crippen LogP contribution in [0, 0.1) is 11.8 Å². The number of carbonyl (C=O) groups excluding carboxylic acids is 1. The molecule has 0 saturated heterocycles. The zero-order chi connectivity index (χ0) is 18.2. The van der Waals surface area contributed by atoms with Gasteiger partial charge in [0, 0.05) is 6.42 Å². The van der Waals surface area contributed by atoms with Crippen molar-refractivity contribution in [1.82, 2.24) is 0 Å². The first-order chi connectivity index (χ1) is 12.0. The van der Waals surface area contributed by atoms with Crippen LogP contribution in [0.3, 0.4) is 0 Å². The normalized spacial score (nSPS) is 19.9. The summed E-state index contributed by atoms with van der Waals surface area (Å²) in [6, 6.07) is 7.53. The van der Waals surface area contributed by atoms with Crippen LogP contribution in [-0.4, -0.2) is 24.0 Å². The molecule has 1 aromatic rings. The highest BCUT2D eigenvalue weighted by atomic mass is 16.7. The molecule has 0 fully saturated rings. The van der Waals surface area contributed by atoms with Crippen LogP contribution in [0.4, 0.5) is 0 Å². The summed E-state index contributed by atoms with van der Waals surface area (Å²) in [5, 5.41) is 9.08. The molecule has 0 aliphatic carbocycles. The maximum atomic E-state index is 12.1. The SMILES string of the molecule is C=CCOC(=O)C1=C[C@H](C(C)C)C[C@H](OCc2ccc(CO)cc2)O1.